The first-order chi connectivity index (χ1) is 11.8. The lowest BCUT2D eigenvalue weighted by molar-refractivity contribution is -0.910. The second-order valence-corrected chi connectivity index (χ2v) is 6.45. The highest BCUT2D eigenvalue weighted by atomic mass is 19.4. The molecule has 2 aromatic rings. The van der Waals surface area contributed by atoms with Crippen molar-refractivity contribution in [3.63, 3.8) is 0 Å². The van der Waals surface area contributed by atoms with Crippen LogP contribution in [0.2, 0.25) is 0 Å². The number of hydrogen-bond donors (Lipinski definition) is 2. The van der Waals surface area contributed by atoms with Crippen LogP contribution < -0.4 is 10.2 Å². The largest absolute Gasteiger partial charge is 0.416 e. The molecule has 1 fully saturated rings. The maximum absolute atomic E-state index is 12.8. The van der Waals surface area contributed by atoms with Crippen molar-refractivity contribution in [3.8, 4) is 0 Å². The summed E-state index contributed by atoms with van der Waals surface area (Å²) in [6.07, 6.45) is -0.404. The third-order valence-corrected chi connectivity index (χ3v) is 4.69. The average Bonchev–Trinajstić information content (AvgIpc) is 3.15. The van der Waals surface area contributed by atoms with E-state index < -0.39 is 11.7 Å². The number of amides is 1. The van der Waals surface area contributed by atoms with Gasteiger partial charge in [0.1, 0.15) is 6.04 Å². The fourth-order valence-electron chi connectivity index (χ4n) is 3.50. The van der Waals surface area contributed by atoms with Gasteiger partial charge in [0.15, 0.2) is 6.54 Å². The summed E-state index contributed by atoms with van der Waals surface area (Å²) in [7, 11) is 1.98. The molecule has 1 aromatic carbocycles. The Labute approximate surface area is 144 Å². The lowest BCUT2D eigenvalue weighted by Crippen LogP contribution is -3.11. The molecule has 2 atom stereocenters. The first-order valence-electron chi connectivity index (χ1n) is 8.27. The number of rotatable bonds is 4. The number of aromatic nitrogens is 1. The maximum Gasteiger partial charge on any atom is 0.416 e. The summed E-state index contributed by atoms with van der Waals surface area (Å²) >= 11 is 0. The van der Waals surface area contributed by atoms with Crippen LogP contribution in [0.25, 0.3) is 0 Å². The Morgan fingerprint density at radius 1 is 1.32 bits per heavy atom. The number of anilines is 1. The van der Waals surface area contributed by atoms with Crippen LogP contribution in [0, 0.1) is 0 Å². The van der Waals surface area contributed by atoms with E-state index in [9.17, 15) is 18.0 Å². The lowest BCUT2D eigenvalue weighted by Gasteiger charge is -2.21. The molecule has 134 valence electrons. The summed E-state index contributed by atoms with van der Waals surface area (Å²) in [6, 6.07) is 9.01. The Balaban J connectivity index is 1.66. The van der Waals surface area contributed by atoms with Crippen molar-refractivity contribution < 1.29 is 22.9 Å². The Morgan fingerprint density at radius 3 is 2.80 bits per heavy atom. The van der Waals surface area contributed by atoms with Crippen LogP contribution in [-0.2, 0) is 18.0 Å². The zero-order valence-electron chi connectivity index (χ0n) is 13.9. The van der Waals surface area contributed by atoms with E-state index in [4.69, 9.17) is 0 Å². The van der Waals surface area contributed by atoms with E-state index in [0.29, 0.717) is 0 Å². The molecule has 2 N–H and O–H groups in total. The number of hydrogen-bond acceptors (Lipinski definition) is 1. The van der Waals surface area contributed by atoms with Gasteiger partial charge in [0, 0.05) is 31.8 Å². The van der Waals surface area contributed by atoms with E-state index in [1.165, 1.54) is 17.8 Å². The molecule has 1 amide bonds. The molecule has 0 aliphatic carbocycles. The Morgan fingerprint density at radius 2 is 2.12 bits per heavy atom. The van der Waals surface area contributed by atoms with Crippen LogP contribution in [0.5, 0.6) is 0 Å². The van der Waals surface area contributed by atoms with Crippen LogP contribution in [-0.4, -0.2) is 23.6 Å². The molecular formula is C18H21F3N3O+. The van der Waals surface area contributed by atoms with Crippen molar-refractivity contribution in [1.29, 1.82) is 0 Å². The highest BCUT2D eigenvalue weighted by molar-refractivity contribution is 5.91. The summed E-state index contributed by atoms with van der Waals surface area (Å²) in [5.74, 6) is -0.268. The fourth-order valence-corrected chi connectivity index (χ4v) is 3.50. The number of nitrogens with zero attached hydrogens (tertiary/aromatic N) is 1. The number of benzene rings is 1. The van der Waals surface area contributed by atoms with Crippen molar-refractivity contribution in [3.05, 3.63) is 53.9 Å². The molecule has 2 heterocycles. The molecule has 1 saturated heterocycles. The third kappa shape index (κ3) is 4.04. The number of alkyl halides is 3. The standard InChI is InChI=1S/C18H20F3N3O/c1-23-9-3-7-15(23)16-8-4-10-24(16)12-17(25)22-14-6-2-5-13(11-14)18(19,20)21/h2-3,5-7,9,11,16H,4,8,10,12H2,1H3,(H,22,25)/p+1/t16-/m1/s1. The number of carbonyl (C=O) groups excluding carboxylic acids is 1. The molecule has 1 aromatic heterocycles. The van der Waals surface area contributed by atoms with Gasteiger partial charge in [0.25, 0.3) is 5.91 Å². The molecular weight excluding hydrogens is 331 g/mol. The summed E-state index contributed by atoms with van der Waals surface area (Å²) in [4.78, 5) is 13.5. The molecule has 1 aliphatic heterocycles. The molecule has 1 unspecified atom stereocenters. The van der Waals surface area contributed by atoms with Crippen LogP contribution >= 0.6 is 0 Å². The normalized spacial score (nSPS) is 20.6. The summed E-state index contributed by atoms with van der Waals surface area (Å²) in [6.45, 7) is 1.12. The third-order valence-electron chi connectivity index (χ3n) is 4.69. The minimum absolute atomic E-state index is 0.175. The summed E-state index contributed by atoms with van der Waals surface area (Å²) < 4.78 is 40.3. The topological polar surface area (TPSA) is 38.5 Å². The molecule has 3 rings (SSSR count). The van der Waals surface area contributed by atoms with Gasteiger partial charge in [-0.1, -0.05) is 6.07 Å². The van der Waals surface area contributed by atoms with Crippen LogP contribution in [0.1, 0.15) is 30.1 Å². The highest BCUT2D eigenvalue weighted by Crippen LogP contribution is 2.30. The van der Waals surface area contributed by atoms with Crippen molar-refractivity contribution in [2.75, 3.05) is 18.4 Å². The first kappa shape index (κ1) is 17.5. The van der Waals surface area contributed by atoms with Gasteiger partial charge in [-0.15, -0.1) is 0 Å². The SMILES string of the molecule is Cn1cccc1[C@H]1CCC[NH+]1CC(=O)Nc1cccc(C(F)(F)F)c1. The minimum atomic E-state index is -4.42. The molecule has 1 aliphatic rings. The quantitative estimate of drug-likeness (QED) is 0.871. The average molecular weight is 352 g/mol. The number of halogens is 3. The van der Waals surface area contributed by atoms with Crippen molar-refractivity contribution in [2.24, 2.45) is 7.05 Å². The Kier molecular flexibility index (Phi) is 4.85. The summed E-state index contributed by atoms with van der Waals surface area (Å²) in [5, 5.41) is 2.60. The zero-order valence-corrected chi connectivity index (χ0v) is 13.9. The zero-order chi connectivity index (χ0) is 18.0. The predicted octanol–water partition coefficient (Wildman–Crippen LogP) is 2.40. The second-order valence-electron chi connectivity index (χ2n) is 6.45. The number of likely N-dealkylation sites (tertiary alicyclic amines) is 1. The molecule has 0 bridgehead atoms. The maximum atomic E-state index is 12.8. The van der Waals surface area contributed by atoms with Gasteiger partial charge < -0.3 is 14.8 Å². The Bertz CT molecular complexity index is 754. The number of nitrogens with one attached hydrogen (secondary N) is 2. The van der Waals surface area contributed by atoms with Gasteiger partial charge in [-0.3, -0.25) is 4.79 Å². The molecule has 7 heteroatoms. The van der Waals surface area contributed by atoms with Gasteiger partial charge >= 0.3 is 6.18 Å². The molecule has 0 radical (unpaired) electrons. The molecule has 0 spiro atoms. The number of carbonyl (C=O) groups is 1. The predicted molar refractivity (Wildman–Crippen MR) is 88.2 cm³/mol. The number of quaternary nitrogens is 1. The van der Waals surface area contributed by atoms with E-state index in [1.807, 2.05) is 19.3 Å². The van der Waals surface area contributed by atoms with Crippen LogP contribution in [0.3, 0.4) is 0 Å². The van der Waals surface area contributed by atoms with Crippen molar-refractivity contribution in [2.45, 2.75) is 25.1 Å². The fraction of sp³-hybridized carbons (Fsp3) is 0.389. The van der Waals surface area contributed by atoms with Crippen molar-refractivity contribution >= 4 is 11.6 Å². The van der Waals surface area contributed by atoms with Crippen molar-refractivity contribution in [1.82, 2.24) is 4.57 Å². The molecule has 4 nitrogen and oxygen atoms in total. The van der Waals surface area contributed by atoms with Gasteiger partial charge in [0.2, 0.25) is 0 Å². The van der Waals surface area contributed by atoms with E-state index in [1.54, 1.807) is 0 Å². The summed E-state index contributed by atoms with van der Waals surface area (Å²) in [5.41, 5.74) is 0.591. The minimum Gasteiger partial charge on any atom is -0.350 e. The molecule has 0 saturated carbocycles. The lowest BCUT2D eigenvalue weighted by atomic mass is 10.1. The van der Waals surface area contributed by atoms with Crippen LogP contribution in [0.15, 0.2) is 42.6 Å². The van der Waals surface area contributed by atoms with E-state index in [2.05, 4.69) is 16.0 Å². The second kappa shape index (κ2) is 6.92. The van der Waals surface area contributed by atoms with Crippen LogP contribution in [0.4, 0.5) is 18.9 Å². The van der Waals surface area contributed by atoms with E-state index in [-0.39, 0.29) is 24.2 Å². The van der Waals surface area contributed by atoms with Gasteiger partial charge in [-0.05, 0) is 30.3 Å². The van der Waals surface area contributed by atoms with E-state index >= 15 is 0 Å². The number of aryl methyl sites for hydroxylation is 1. The first-order valence-corrected chi connectivity index (χ1v) is 8.27. The van der Waals surface area contributed by atoms with Gasteiger partial charge in [-0.25, -0.2) is 0 Å². The van der Waals surface area contributed by atoms with Gasteiger partial charge in [-0.2, -0.15) is 13.2 Å². The highest BCUT2D eigenvalue weighted by Gasteiger charge is 2.33. The monoisotopic (exact) mass is 352 g/mol. The Hall–Kier alpha value is -2.28. The molecule has 25 heavy (non-hydrogen) atoms. The van der Waals surface area contributed by atoms with E-state index in [0.717, 1.165) is 36.4 Å². The van der Waals surface area contributed by atoms with Gasteiger partial charge in [0.05, 0.1) is 17.8 Å². The smallest absolute Gasteiger partial charge is 0.350 e.